The maximum Gasteiger partial charge on any atom is 0.145 e. The van der Waals surface area contributed by atoms with Gasteiger partial charge in [-0.25, -0.2) is 4.98 Å². The molecule has 4 rings (SSSR count). The molecule has 1 aliphatic heterocycles. The summed E-state index contributed by atoms with van der Waals surface area (Å²) in [4.78, 5) is 7.31. The van der Waals surface area contributed by atoms with E-state index in [2.05, 4.69) is 40.6 Å². The zero-order valence-electron chi connectivity index (χ0n) is 16.1. The third kappa shape index (κ3) is 4.32. The highest BCUT2D eigenvalue weighted by molar-refractivity contribution is 5.82. The summed E-state index contributed by atoms with van der Waals surface area (Å²) >= 11 is 0. The first-order chi connectivity index (χ1) is 13.8. The second-order valence-electron chi connectivity index (χ2n) is 7.49. The van der Waals surface area contributed by atoms with Crippen molar-refractivity contribution >= 4 is 16.7 Å². The van der Waals surface area contributed by atoms with E-state index in [-0.39, 0.29) is 6.04 Å². The second-order valence-corrected chi connectivity index (χ2v) is 7.49. The van der Waals surface area contributed by atoms with Crippen LogP contribution < -0.4 is 5.32 Å². The van der Waals surface area contributed by atoms with E-state index in [0.29, 0.717) is 11.4 Å². The maximum absolute atomic E-state index is 9.66. The lowest BCUT2D eigenvalue weighted by molar-refractivity contribution is 0.223. The molecule has 0 saturated carbocycles. The highest BCUT2D eigenvalue weighted by Crippen LogP contribution is 2.27. The van der Waals surface area contributed by atoms with E-state index in [4.69, 9.17) is 4.98 Å². The maximum atomic E-state index is 9.66. The Morgan fingerprint density at radius 3 is 2.54 bits per heavy atom. The monoisotopic (exact) mass is 370 g/mol. The Morgan fingerprint density at radius 1 is 1.00 bits per heavy atom. The number of hydrogen-bond acceptors (Lipinski definition) is 4. The van der Waals surface area contributed by atoms with E-state index in [9.17, 15) is 5.26 Å². The standard InChI is InChI=1S/C24H26N4/c25-18-21-17-20-11-5-6-12-22(20)26-24(21)27-23(19-9-3-1-4-10-19)13-16-28-14-7-2-8-15-28/h1,3-6,9-12,17,23H,2,7-8,13-16H2,(H,26,27)/t23-/m1/s1. The van der Waals surface area contributed by atoms with E-state index in [0.717, 1.165) is 23.9 Å². The van der Waals surface area contributed by atoms with Crippen molar-refractivity contribution in [3.8, 4) is 6.07 Å². The van der Waals surface area contributed by atoms with E-state index in [1.165, 1.54) is 37.9 Å². The van der Waals surface area contributed by atoms with Crippen molar-refractivity contribution in [1.29, 1.82) is 5.26 Å². The fourth-order valence-corrected chi connectivity index (χ4v) is 3.98. The van der Waals surface area contributed by atoms with Gasteiger partial charge in [0.2, 0.25) is 0 Å². The summed E-state index contributed by atoms with van der Waals surface area (Å²) in [5.41, 5.74) is 2.74. The number of benzene rings is 2. The van der Waals surface area contributed by atoms with Crippen LogP contribution >= 0.6 is 0 Å². The topological polar surface area (TPSA) is 52.0 Å². The number of nitrogens with one attached hydrogen (secondary N) is 1. The Balaban J connectivity index is 1.60. The smallest absolute Gasteiger partial charge is 0.145 e. The second kappa shape index (κ2) is 8.86. The predicted octanol–water partition coefficient (Wildman–Crippen LogP) is 5.14. The summed E-state index contributed by atoms with van der Waals surface area (Å²) < 4.78 is 0. The van der Waals surface area contributed by atoms with Gasteiger partial charge in [0.05, 0.1) is 17.1 Å². The Labute approximate surface area is 166 Å². The van der Waals surface area contributed by atoms with Gasteiger partial charge in [0, 0.05) is 11.9 Å². The van der Waals surface area contributed by atoms with Crippen LogP contribution in [0.5, 0.6) is 0 Å². The van der Waals surface area contributed by atoms with Crippen molar-refractivity contribution in [2.75, 3.05) is 25.0 Å². The third-order valence-electron chi connectivity index (χ3n) is 5.54. The van der Waals surface area contributed by atoms with Crippen molar-refractivity contribution in [2.24, 2.45) is 0 Å². The quantitative estimate of drug-likeness (QED) is 0.653. The molecule has 142 valence electrons. The summed E-state index contributed by atoms with van der Waals surface area (Å²) in [6.07, 6.45) is 4.94. The molecule has 3 aromatic rings. The summed E-state index contributed by atoms with van der Waals surface area (Å²) in [6.45, 7) is 3.44. The minimum Gasteiger partial charge on any atom is -0.362 e. The van der Waals surface area contributed by atoms with Crippen LogP contribution in [0.3, 0.4) is 0 Å². The number of hydrogen-bond donors (Lipinski definition) is 1. The lowest BCUT2D eigenvalue weighted by atomic mass is 10.0. The van der Waals surface area contributed by atoms with E-state index in [1.807, 2.05) is 36.4 Å². The van der Waals surface area contributed by atoms with Gasteiger partial charge in [-0.15, -0.1) is 0 Å². The number of aromatic nitrogens is 1. The van der Waals surface area contributed by atoms with Crippen molar-refractivity contribution < 1.29 is 0 Å². The molecule has 2 heterocycles. The first kappa shape index (κ1) is 18.5. The molecule has 1 aromatic heterocycles. The van der Waals surface area contributed by atoms with Gasteiger partial charge in [-0.2, -0.15) is 5.26 Å². The average Bonchev–Trinajstić information content (AvgIpc) is 2.77. The lowest BCUT2D eigenvalue weighted by Gasteiger charge is -2.29. The van der Waals surface area contributed by atoms with Crippen molar-refractivity contribution in [2.45, 2.75) is 31.7 Å². The Kier molecular flexibility index (Phi) is 5.84. The zero-order valence-corrected chi connectivity index (χ0v) is 16.1. The van der Waals surface area contributed by atoms with E-state index in [1.54, 1.807) is 0 Å². The molecule has 0 spiro atoms. The van der Waals surface area contributed by atoms with Gasteiger partial charge in [-0.05, 0) is 50.0 Å². The molecule has 4 nitrogen and oxygen atoms in total. The first-order valence-electron chi connectivity index (χ1n) is 10.2. The summed E-state index contributed by atoms with van der Waals surface area (Å²) in [7, 11) is 0. The van der Waals surface area contributed by atoms with Crippen LogP contribution in [-0.2, 0) is 0 Å². The van der Waals surface area contributed by atoms with Crippen LogP contribution in [0.4, 0.5) is 5.82 Å². The number of fused-ring (bicyclic) bond motifs is 1. The molecular formula is C24H26N4. The molecule has 0 aliphatic carbocycles. The number of anilines is 1. The van der Waals surface area contributed by atoms with Gasteiger partial charge in [0.1, 0.15) is 11.9 Å². The van der Waals surface area contributed by atoms with Crippen LogP contribution in [-0.4, -0.2) is 29.5 Å². The number of piperidine rings is 1. The SMILES string of the molecule is N#Cc1cc2ccccc2nc1N[C@H](CCN1CCCCC1)c1ccccc1. The molecule has 4 heteroatoms. The number of nitrogens with zero attached hydrogens (tertiary/aromatic N) is 3. The van der Waals surface area contributed by atoms with Crippen molar-refractivity contribution in [3.63, 3.8) is 0 Å². The average molecular weight is 371 g/mol. The molecule has 0 amide bonds. The molecule has 1 N–H and O–H groups in total. The molecule has 1 atom stereocenters. The van der Waals surface area contributed by atoms with Gasteiger partial charge < -0.3 is 10.2 Å². The Morgan fingerprint density at radius 2 is 1.75 bits per heavy atom. The minimum atomic E-state index is 0.129. The summed E-state index contributed by atoms with van der Waals surface area (Å²) in [5.74, 6) is 0.675. The van der Waals surface area contributed by atoms with Crippen LogP contribution in [0.2, 0.25) is 0 Å². The molecular weight excluding hydrogens is 344 g/mol. The predicted molar refractivity (Wildman–Crippen MR) is 114 cm³/mol. The zero-order chi connectivity index (χ0) is 19.2. The Bertz CT molecular complexity index is 955. The number of likely N-dealkylation sites (tertiary alicyclic amines) is 1. The lowest BCUT2D eigenvalue weighted by Crippen LogP contribution is -2.32. The highest BCUT2D eigenvalue weighted by atomic mass is 15.1. The normalized spacial score (nSPS) is 15.8. The highest BCUT2D eigenvalue weighted by Gasteiger charge is 2.18. The van der Waals surface area contributed by atoms with Gasteiger partial charge in [0.25, 0.3) is 0 Å². The molecule has 0 bridgehead atoms. The molecule has 28 heavy (non-hydrogen) atoms. The molecule has 1 saturated heterocycles. The summed E-state index contributed by atoms with van der Waals surface area (Å²) in [5, 5.41) is 14.2. The van der Waals surface area contributed by atoms with Crippen LogP contribution in [0.1, 0.15) is 42.9 Å². The molecule has 1 aliphatic rings. The number of rotatable bonds is 6. The number of para-hydroxylation sites is 1. The van der Waals surface area contributed by atoms with Gasteiger partial charge in [-0.1, -0.05) is 55.0 Å². The minimum absolute atomic E-state index is 0.129. The van der Waals surface area contributed by atoms with Crippen LogP contribution in [0, 0.1) is 11.3 Å². The number of nitriles is 1. The van der Waals surface area contributed by atoms with E-state index >= 15 is 0 Å². The first-order valence-corrected chi connectivity index (χ1v) is 10.2. The number of pyridine rings is 1. The molecule has 2 aromatic carbocycles. The fraction of sp³-hybridized carbons (Fsp3) is 0.333. The van der Waals surface area contributed by atoms with Crippen LogP contribution in [0.15, 0.2) is 60.7 Å². The van der Waals surface area contributed by atoms with Gasteiger partial charge in [-0.3, -0.25) is 0 Å². The van der Waals surface area contributed by atoms with Crippen molar-refractivity contribution in [1.82, 2.24) is 9.88 Å². The van der Waals surface area contributed by atoms with Crippen molar-refractivity contribution in [3.05, 3.63) is 71.8 Å². The fourth-order valence-electron chi connectivity index (χ4n) is 3.98. The third-order valence-corrected chi connectivity index (χ3v) is 5.54. The Hall–Kier alpha value is -2.90. The summed E-state index contributed by atoms with van der Waals surface area (Å²) in [6, 6.07) is 22.8. The van der Waals surface area contributed by atoms with Gasteiger partial charge in [0.15, 0.2) is 0 Å². The molecule has 0 unspecified atom stereocenters. The van der Waals surface area contributed by atoms with E-state index < -0.39 is 0 Å². The van der Waals surface area contributed by atoms with Crippen LogP contribution in [0.25, 0.3) is 10.9 Å². The molecule has 0 radical (unpaired) electrons. The molecule has 1 fully saturated rings. The van der Waals surface area contributed by atoms with Gasteiger partial charge >= 0.3 is 0 Å². The largest absolute Gasteiger partial charge is 0.362 e.